The second-order valence-electron chi connectivity index (χ2n) is 5.76. The molecule has 1 aromatic heterocycles. The third-order valence-corrected chi connectivity index (χ3v) is 3.96. The molecule has 3 rings (SSSR count). The van der Waals surface area contributed by atoms with Gasteiger partial charge in [0.25, 0.3) is 0 Å². The van der Waals surface area contributed by atoms with Crippen molar-refractivity contribution in [2.45, 2.75) is 26.3 Å². The number of anilines is 2. The number of halogens is 1. The largest absolute Gasteiger partial charge is 0.394 e. The van der Waals surface area contributed by atoms with Crippen LogP contribution in [0.1, 0.15) is 18.4 Å². The number of aromatic nitrogens is 2. The average molecular weight is 349 g/mol. The van der Waals surface area contributed by atoms with E-state index in [1.807, 2.05) is 6.92 Å². The minimum absolute atomic E-state index is 0.176. The van der Waals surface area contributed by atoms with E-state index in [1.54, 1.807) is 29.0 Å². The number of hydrogen-bond acceptors (Lipinski definition) is 4. The summed E-state index contributed by atoms with van der Waals surface area (Å²) in [6.07, 6.45) is 3.96. The van der Waals surface area contributed by atoms with E-state index >= 15 is 0 Å². The summed E-state index contributed by atoms with van der Waals surface area (Å²) in [4.78, 5) is 26.8. The van der Waals surface area contributed by atoms with Crippen molar-refractivity contribution in [1.29, 1.82) is 0 Å². The lowest BCUT2D eigenvalue weighted by Crippen LogP contribution is -2.20. The summed E-state index contributed by atoms with van der Waals surface area (Å²) >= 11 is 5.90. The van der Waals surface area contributed by atoms with E-state index in [-0.39, 0.29) is 6.01 Å². The van der Waals surface area contributed by atoms with Crippen LogP contribution in [0, 0.1) is 12.8 Å². The van der Waals surface area contributed by atoms with Crippen molar-refractivity contribution in [1.82, 2.24) is 9.55 Å². The summed E-state index contributed by atoms with van der Waals surface area (Å²) in [6, 6.07) is 4.93. The van der Waals surface area contributed by atoms with Gasteiger partial charge in [0, 0.05) is 17.3 Å². The maximum absolute atomic E-state index is 12.1. The number of aryl methyl sites for hydroxylation is 1. The minimum Gasteiger partial charge on any atom is -0.394 e. The summed E-state index contributed by atoms with van der Waals surface area (Å²) in [5, 5.41) is 5.97. The highest BCUT2D eigenvalue weighted by atomic mass is 35.5. The fourth-order valence-corrected chi connectivity index (χ4v) is 2.57. The van der Waals surface area contributed by atoms with Crippen molar-refractivity contribution < 1.29 is 14.3 Å². The summed E-state index contributed by atoms with van der Waals surface area (Å²) < 4.78 is 6.59. The van der Waals surface area contributed by atoms with Gasteiger partial charge in [0.2, 0.25) is 0 Å². The standard InChI is InChI=1S/C16H17ClN4O3/c1-10-6-12(17)4-5-13(10)18-15(23)19-14-8-21(7-11-2-3-11)16(20-14)24-9-22/h4-6,8-9,11H,2-3,7H2,1H3,(H2,18,19,23). The van der Waals surface area contributed by atoms with Crippen LogP contribution in [0.3, 0.4) is 0 Å². The molecule has 1 aliphatic carbocycles. The lowest BCUT2D eigenvalue weighted by molar-refractivity contribution is -0.121. The summed E-state index contributed by atoms with van der Waals surface area (Å²) in [7, 11) is 0. The van der Waals surface area contributed by atoms with Gasteiger partial charge in [-0.3, -0.25) is 14.7 Å². The zero-order valence-corrected chi connectivity index (χ0v) is 13.8. The molecule has 0 aliphatic heterocycles. The average Bonchev–Trinajstić information content (AvgIpc) is 3.25. The van der Waals surface area contributed by atoms with Crippen LogP contribution in [0.2, 0.25) is 5.02 Å². The predicted octanol–water partition coefficient (Wildman–Crippen LogP) is 3.43. The number of imidazole rings is 1. The number of rotatable bonds is 6. The fourth-order valence-electron chi connectivity index (χ4n) is 2.34. The molecule has 0 saturated heterocycles. The third-order valence-electron chi connectivity index (χ3n) is 3.72. The Hall–Kier alpha value is -2.54. The lowest BCUT2D eigenvalue weighted by Gasteiger charge is -2.08. The summed E-state index contributed by atoms with van der Waals surface area (Å²) in [5.74, 6) is 0.892. The SMILES string of the molecule is Cc1cc(Cl)ccc1NC(=O)Nc1cn(CC2CC2)c(OC=O)n1. The van der Waals surface area contributed by atoms with E-state index in [0.29, 0.717) is 28.9 Å². The molecule has 0 radical (unpaired) electrons. The van der Waals surface area contributed by atoms with Crippen LogP contribution in [0.15, 0.2) is 24.4 Å². The van der Waals surface area contributed by atoms with Crippen LogP contribution in [0.25, 0.3) is 0 Å². The van der Waals surface area contributed by atoms with Crippen LogP contribution < -0.4 is 15.4 Å². The van der Waals surface area contributed by atoms with E-state index in [9.17, 15) is 9.59 Å². The van der Waals surface area contributed by atoms with Crippen molar-refractivity contribution in [3.8, 4) is 6.01 Å². The molecule has 1 aromatic carbocycles. The number of nitrogens with one attached hydrogen (secondary N) is 2. The third kappa shape index (κ3) is 4.05. The number of urea groups is 1. The molecule has 1 fully saturated rings. The highest BCUT2D eigenvalue weighted by Crippen LogP contribution is 2.32. The smallest absolute Gasteiger partial charge is 0.324 e. The van der Waals surface area contributed by atoms with E-state index in [2.05, 4.69) is 15.6 Å². The van der Waals surface area contributed by atoms with Gasteiger partial charge in [0.15, 0.2) is 5.82 Å². The van der Waals surface area contributed by atoms with Crippen molar-refractivity contribution in [3.05, 3.63) is 35.0 Å². The Balaban J connectivity index is 1.67. The zero-order valence-electron chi connectivity index (χ0n) is 13.1. The van der Waals surface area contributed by atoms with Crippen LogP contribution in [-0.4, -0.2) is 22.1 Å². The topological polar surface area (TPSA) is 85.3 Å². The Morgan fingerprint density at radius 3 is 2.92 bits per heavy atom. The molecule has 0 atom stereocenters. The predicted molar refractivity (Wildman–Crippen MR) is 90.5 cm³/mol. The number of amides is 2. The Morgan fingerprint density at radius 2 is 2.25 bits per heavy atom. The highest BCUT2D eigenvalue weighted by Gasteiger charge is 2.24. The zero-order chi connectivity index (χ0) is 17.1. The molecule has 2 amide bonds. The van der Waals surface area contributed by atoms with E-state index in [0.717, 1.165) is 24.9 Å². The molecule has 1 saturated carbocycles. The Morgan fingerprint density at radius 1 is 1.46 bits per heavy atom. The minimum atomic E-state index is -0.436. The number of nitrogens with zero attached hydrogens (tertiary/aromatic N) is 2. The van der Waals surface area contributed by atoms with Crippen molar-refractivity contribution in [2.24, 2.45) is 5.92 Å². The van der Waals surface area contributed by atoms with Gasteiger partial charge in [-0.2, -0.15) is 4.98 Å². The van der Waals surface area contributed by atoms with Gasteiger partial charge in [0.1, 0.15) is 0 Å². The first-order valence-electron chi connectivity index (χ1n) is 7.57. The molecular formula is C16H17ClN4O3. The van der Waals surface area contributed by atoms with Gasteiger partial charge in [-0.05, 0) is 49.4 Å². The molecule has 24 heavy (non-hydrogen) atoms. The summed E-state index contributed by atoms with van der Waals surface area (Å²) in [5.41, 5.74) is 1.50. The van der Waals surface area contributed by atoms with Gasteiger partial charge in [-0.1, -0.05) is 11.6 Å². The van der Waals surface area contributed by atoms with Crippen molar-refractivity contribution in [2.75, 3.05) is 10.6 Å². The second-order valence-corrected chi connectivity index (χ2v) is 6.19. The maximum atomic E-state index is 12.1. The molecule has 7 nitrogen and oxygen atoms in total. The molecule has 0 spiro atoms. The first kappa shape index (κ1) is 16.3. The molecule has 0 unspecified atom stereocenters. The first-order chi connectivity index (χ1) is 11.5. The van der Waals surface area contributed by atoms with Gasteiger partial charge in [-0.15, -0.1) is 0 Å². The number of carbonyl (C=O) groups is 2. The van der Waals surface area contributed by atoms with Gasteiger partial charge in [-0.25, -0.2) is 4.79 Å². The number of hydrogen-bond donors (Lipinski definition) is 2. The van der Waals surface area contributed by atoms with Crippen LogP contribution in [0.4, 0.5) is 16.3 Å². The van der Waals surface area contributed by atoms with E-state index in [4.69, 9.17) is 16.3 Å². The van der Waals surface area contributed by atoms with Gasteiger partial charge in [0.05, 0.1) is 6.20 Å². The Bertz CT molecular complexity index is 771. The first-order valence-corrected chi connectivity index (χ1v) is 7.94. The monoisotopic (exact) mass is 348 g/mol. The molecule has 126 valence electrons. The molecule has 1 aliphatic rings. The molecule has 0 bridgehead atoms. The molecular weight excluding hydrogens is 332 g/mol. The number of ether oxygens (including phenoxy) is 1. The van der Waals surface area contributed by atoms with Crippen LogP contribution in [-0.2, 0) is 11.3 Å². The Labute approximate surface area is 144 Å². The maximum Gasteiger partial charge on any atom is 0.324 e. The second kappa shape index (κ2) is 6.92. The Kier molecular flexibility index (Phi) is 4.71. The van der Waals surface area contributed by atoms with E-state index in [1.165, 1.54) is 0 Å². The number of benzene rings is 1. The lowest BCUT2D eigenvalue weighted by atomic mass is 10.2. The molecule has 2 aromatic rings. The van der Waals surface area contributed by atoms with E-state index < -0.39 is 6.03 Å². The van der Waals surface area contributed by atoms with Crippen LogP contribution >= 0.6 is 11.6 Å². The molecule has 1 heterocycles. The molecule has 2 N–H and O–H groups in total. The van der Waals surface area contributed by atoms with Crippen LogP contribution in [0.5, 0.6) is 6.01 Å². The fraction of sp³-hybridized carbons (Fsp3) is 0.312. The molecule has 8 heteroatoms. The number of carbonyl (C=O) groups excluding carboxylic acids is 2. The highest BCUT2D eigenvalue weighted by molar-refractivity contribution is 6.30. The van der Waals surface area contributed by atoms with Crippen molar-refractivity contribution >= 4 is 35.6 Å². The normalized spacial score (nSPS) is 13.4. The quantitative estimate of drug-likeness (QED) is 0.783. The van der Waals surface area contributed by atoms with Gasteiger partial charge < -0.3 is 10.1 Å². The van der Waals surface area contributed by atoms with Gasteiger partial charge >= 0.3 is 18.5 Å². The van der Waals surface area contributed by atoms with Crippen molar-refractivity contribution in [3.63, 3.8) is 0 Å². The summed E-state index contributed by atoms with van der Waals surface area (Å²) in [6.45, 7) is 2.89.